The van der Waals surface area contributed by atoms with Crippen LogP contribution in [0.25, 0.3) is 0 Å². The van der Waals surface area contributed by atoms with Crippen LogP contribution in [0.5, 0.6) is 0 Å². The summed E-state index contributed by atoms with van der Waals surface area (Å²) < 4.78 is 4.97. The second kappa shape index (κ2) is 6.06. The molecule has 1 aromatic carbocycles. The van der Waals surface area contributed by atoms with Crippen molar-refractivity contribution in [2.24, 2.45) is 5.41 Å². The Balaban J connectivity index is 2.59. The third kappa shape index (κ3) is 5.22. The Hall–Kier alpha value is -1.02. The van der Waals surface area contributed by atoms with E-state index in [9.17, 15) is 4.79 Å². The van der Waals surface area contributed by atoms with Crippen LogP contribution < -0.4 is 0 Å². The number of rotatable bonds is 5. The van der Waals surface area contributed by atoms with E-state index < -0.39 is 0 Å². The van der Waals surface area contributed by atoms with Crippen LogP contribution in [-0.2, 0) is 16.0 Å². The van der Waals surface area contributed by atoms with Crippen molar-refractivity contribution in [1.29, 1.82) is 0 Å². The maximum absolute atomic E-state index is 11.5. The van der Waals surface area contributed by atoms with Gasteiger partial charge in [0.1, 0.15) is 0 Å². The van der Waals surface area contributed by atoms with Crippen molar-refractivity contribution >= 4 is 17.6 Å². The second-order valence-corrected chi connectivity index (χ2v) is 5.39. The van der Waals surface area contributed by atoms with Gasteiger partial charge >= 0.3 is 5.97 Å². The maximum atomic E-state index is 11.5. The van der Waals surface area contributed by atoms with Crippen molar-refractivity contribution in [1.82, 2.24) is 0 Å². The number of hydrogen-bond acceptors (Lipinski definition) is 2. The lowest BCUT2D eigenvalue weighted by Gasteiger charge is -2.23. The summed E-state index contributed by atoms with van der Waals surface area (Å²) in [5.41, 5.74) is 1.09. The molecule has 0 bridgehead atoms. The molecular weight excluding hydrogens is 236 g/mol. The SMILES string of the molecule is CCOC(=O)CC(C)(C)Cc1ccc(Cl)cc1. The standard InChI is InChI=1S/C14H19ClO2/c1-4-17-13(16)10-14(2,3)9-11-5-7-12(15)8-6-11/h5-8H,4,9-10H2,1-3H3. The predicted octanol–water partition coefficient (Wildman–Crippen LogP) is 3.86. The minimum Gasteiger partial charge on any atom is -0.466 e. The minimum absolute atomic E-state index is 0.0971. The summed E-state index contributed by atoms with van der Waals surface area (Å²) in [6, 6.07) is 7.74. The molecule has 0 radical (unpaired) electrons. The van der Waals surface area contributed by atoms with E-state index in [0.717, 1.165) is 11.4 Å². The molecule has 2 nitrogen and oxygen atoms in total. The number of benzene rings is 1. The molecule has 1 aromatic rings. The molecule has 17 heavy (non-hydrogen) atoms. The lowest BCUT2D eigenvalue weighted by molar-refractivity contribution is -0.145. The second-order valence-electron chi connectivity index (χ2n) is 4.95. The summed E-state index contributed by atoms with van der Waals surface area (Å²) in [4.78, 5) is 11.5. The molecule has 0 atom stereocenters. The van der Waals surface area contributed by atoms with Crippen LogP contribution in [0.4, 0.5) is 0 Å². The molecule has 0 heterocycles. The fraction of sp³-hybridized carbons (Fsp3) is 0.500. The van der Waals surface area contributed by atoms with Gasteiger partial charge in [-0.3, -0.25) is 4.79 Å². The quantitative estimate of drug-likeness (QED) is 0.746. The highest BCUT2D eigenvalue weighted by atomic mass is 35.5. The molecule has 0 aliphatic carbocycles. The van der Waals surface area contributed by atoms with Crippen molar-refractivity contribution in [3.05, 3.63) is 34.9 Å². The first-order valence-corrected chi connectivity index (χ1v) is 6.21. The molecule has 0 aromatic heterocycles. The zero-order valence-electron chi connectivity index (χ0n) is 10.6. The average molecular weight is 255 g/mol. The Morgan fingerprint density at radius 3 is 2.41 bits per heavy atom. The van der Waals surface area contributed by atoms with E-state index >= 15 is 0 Å². The number of ether oxygens (including phenoxy) is 1. The Labute approximate surface area is 108 Å². The molecule has 3 heteroatoms. The van der Waals surface area contributed by atoms with Gasteiger partial charge < -0.3 is 4.74 Å². The van der Waals surface area contributed by atoms with E-state index in [1.165, 1.54) is 5.56 Å². The molecule has 0 amide bonds. The summed E-state index contributed by atoms with van der Waals surface area (Å²) >= 11 is 5.83. The molecule has 0 saturated carbocycles. The average Bonchev–Trinajstić information content (AvgIpc) is 2.20. The van der Waals surface area contributed by atoms with Gasteiger partial charge in [-0.25, -0.2) is 0 Å². The first kappa shape index (κ1) is 14.0. The highest BCUT2D eigenvalue weighted by molar-refractivity contribution is 6.30. The van der Waals surface area contributed by atoms with E-state index in [1.54, 1.807) is 0 Å². The molecule has 0 aliphatic heterocycles. The summed E-state index contributed by atoms with van der Waals surface area (Å²) in [7, 11) is 0. The zero-order chi connectivity index (χ0) is 12.9. The Morgan fingerprint density at radius 1 is 1.29 bits per heavy atom. The summed E-state index contributed by atoms with van der Waals surface area (Å²) in [5.74, 6) is -0.133. The normalized spacial score (nSPS) is 11.3. The third-order valence-electron chi connectivity index (χ3n) is 2.52. The summed E-state index contributed by atoms with van der Waals surface area (Å²) in [6.07, 6.45) is 1.27. The summed E-state index contributed by atoms with van der Waals surface area (Å²) in [5, 5.41) is 0.733. The van der Waals surface area contributed by atoms with Crippen molar-refractivity contribution in [2.75, 3.05) is 6.61 Å². The number of carbonyl (C=O) groups excluding carboxylic acids is 1. The molecular formula is C14H19ClO2. The van der Waals surface area contributed by atoms with Crippen molar-refractivity contribution in [2.45, 2.75) is 33.6 Å². The smallest absolute Gasteiger partial charge is 0.306 e. The van der Waals surface area contributed by atoms with Gasteiger partial charge in [0.05, 0.1) is 13.0 Å². The van der Waals surface area contributed by atoms with Crippen molar-refractivity contribution < 1.29 is 9.53 Å². The van der Waals surface area contributed by atoms with E-state index in [1.807, 2.05) is 31.2 Å². The summed E-state index contributed by atoms with van der Waals surface area (Å²) in [6.45, 7) is 6.40. The molecule has 0 spiro atoms. The van der Waals surface area contributed by atoms with E-state index in [2.05, 4.69) is 13.8 Å². The third-order valence-corrected chi connectivity index (χ3v) is 2.78. The van der Waals surface area contributed by atoms with Crippen LogP contribution in [-0.4, -0.2) is 12.6 Å². The first-order chi connectivity index (χ1) is 7.93. The van der Waals surface area contributed by atoms with Crippen LogP contribution in [0, 0.1) is 5.41 Å². The van der Waals surface area contributed by atoms with Gasteiger partial charge in [-0.15, -0.1) is 0 Å². The molecule has 0 N–H and O–H groups in total. The minimum atomic E-state index is -0.133. The highest BCUT2D eigenvalue weighted by Gasteiger charge is 2.23. The van der Waals surface area contributed by atoms with Crippen LogP contribution in [0.1, 0.15) is 32.8 Å². The molecule has 94 valence electrons. The van der Waals surface area contributed by atoms with Crippen LogP contribution in [0.2, 0.25) is 5.02 Å². The van der Waals surface area contributed by atoms with Gasteiger partial charge in [-0.05, 0) is 36.5 Å². The van der Waals surface area contributed by atoms with Crippen molar-refractivity contribution in [3.8, 4) is 0 Å². The van der Waals surface area contributed by atoms with Crippen LogP contribution >= 0.6 is 11.6 Å². The van der Waals surface area contributed by atoms with Gasteiger partial charge in [0, 0.05) is 5.02 Å². The van der Waals surface area contributed by atoms with Gasteiger partial charge in [0.2, 0.25) is 0 Å². The van der Waals surface area contributed by atoms with Gasteiger partial charge in [0.15, 0.2) is 0 Å². The Kier molecular flexibility index (Phi) is 5.01. The fourth-order valence-electron chi connectivity index (χ4n) is 1.82. The van der Waals surface area contributed by atoms with Gasteiger partial charge in [0.25, 0.3) is 0 Å². The highest BCUT2D eigenvalue weighted by Crippen LogP contribution is 2.27. The predicted molar refractivity (Wildman–Crippen MR) is 70.2 cm³/mol. The number of carbonyl (C=O) groups is 1. The molecule has 0 aliphatic rings. The van der Waals surface area contributed by atoms with Crippen LogP contribution in [0.15, 0.2) is 24.3 Å². The maximum Gasteiger partial charge on any atom is 0.306 e. The zero-order valence-corrected chi connectivity index (χ0v) is 11.4. The molecule has 0 unspecified atom stereocenters. The Morgan fingerprint density at radius 2 is 1.88 bits per heavy atom. The largest absolute Gasteiger partial charge is 0.466 e. The fourth-order valence-corrected chi connectivity index (χ4v) is 1.95. The molecule has 1 rings (SSSR count). The first-order valence-electron chi connectivity index (χ1n) is 5.83. The van der Waals surface area contributed by atoms with Gasteiger partial charge in [-0.2, -0.15) is 0 Å². The molecule has 0 saturated heterocycles. The molecule has 0 fully saturated rings. The van der Waals surface area contributed by atoms with E-state index in [4.69, 9.17) is 16.3 Å². The monoisotopic (exact) mass is 254 g/mol. The van der Waals surface area contributed by atoms with E-state index in [0.29, 0.717) is 13.0 Å². The topological polar surface area (TPSA) is 26.3 Å². The van der Waals surface area contributed by atoms with Gasteiger partial charge in [-0.1, -0.05) is 37.6 Å². The lowest BCUT2D eigenvalue weighted by Crippen LogP contribution is -2.21. The number of halogens is 1. The number of hydrogen-bond donors (Lipinski definition) is 0. The Bertz CT molecular complexity index is 368. The van der Waals surface area contributed by atoms with Crippen LogP contribution in [0.3, 0.4) is 0 Å². The van der Waals surface area contributed by atoms with E-state index in [-0.39, 0.29) is 11.4 Å². The number of esters is 1. The lowest BCUT2D eigenvalue weighted by atomic mass is 9.83. The van der Waals surface area contributed by atoms with Crippen molar-refractivity contribution in [3.63, 3.8) is 0 Å².